The van der Waals surface area contributed by atoms with E-state index in [1.165, 1.54) is 25.7 Å². The van der Waals surface area contributed by atoms with Crippen LogP contribution in [0.4, 0.5) is 11.5 Å². The average molecular weight is 399 g/mol. The molecule has 0 saturated heterocycles. The Morgan fingerprint density at radius 1 is 0.933 bits per heavy atom. The molecule has 2 N–H and O–H groups in total. The Morgan fingerprint density at radius 2 is 1.70 bits per heavy atom. The Morgan fingerprint density at radius 3 is 2.40 bits per heavy atom. The molecule has 2 aromatic carbocycles. The van der Waals surface area contributed by atoms with Crippen molar-refractivity contribution in [1.82, 2.24) is 9.55 Å². The van der Waals surface area contributed by atoms with Crippen LogP contribution < -0.4 is 15.9 Å². The average Bonchev–Trinajstić information content (AvgIpc) is 3.49. The van der Waals surface area contributed by atoms with E-state index < -0.39 is 0 Å². The zero-order chi connectivity index (χ0) is 20.1. The summed E-state index contributed by atoms with van der Waals surface area (Å²) in [7, 11) is 0. The minimum Gasteiger partial charge on any atom is -0.362 e. The van der Waals surface area contributed by atoms with Gasteiger partial charge in [0.2, 0.25) is 0 Å². The number of nitrogens with one attached hydrogen (secondary N) is 2. The molecule has 0 amide bonds. The number of imidazole rings is 1. The van der Waals surface area contributed by atoms with Crippen molar-refractivity contribution in [1.29, 1.82) is 0 Å². The highest BCUT2D eigenvalue weighted by molar-refractivity contribution is 5.71. The van der Waals surface area contributed by atoms with E-state index >= 15 is 0 Å². The van der Waals surface area contributed by atoms with E-state index in [1.54, 1.807) is 0 Å². The van der Waals surface area contributed by atoms with Gasteiger partial charge in [-0.1, -0.05) is 42.8 Å². The Balaban J connectivity index is 1.48. The van der Waals surface area contributed by atoms with Gasteiger partial charge in [-0.15, -0.1) is 0 Å². The molecule has 152 valence electrons. The molecule has 1 aromatic heterocycles. The lowest BCUT2D eigenvalue weighted by atomic mass is 9.92. The molecular formula is C25H26N4O. The Bertz CT molecular complexity index is 1130. The monoisotopic (exact) mass is 398 g/mol. The molecule has 2 saturated carbocycles. The summed E-state index contributed by atoms with van der Waals surface area (Å²) in [6.45, 7) is 0. The molecule has 5 nitrogen and oxygen atoms in total. The number of fused-ring (bicyclic) bond motifs is 3. The number of aromatic nitrogens is 2. The van der Waals surface area contributed by atoms with Crippen LogP contribution in [0.3, 0.4) is 0 Å². The number of hydrogen-bond acceptors (Lipinski definition) is 3. The van der Waals surface area contributed by atoms with Crippen LogP contribution in [-0.2, 0) is 0 Å². The summed E-state index contributed by atoms with van der Waals surface area (Å²) in [5, 5.41) is 3.71. The molecule has 2 bridgehead atoms. The lowest BCUT2D eigenvalue weighted by Crippen LogP contribution is -2.51. The molecule has 1 aliphatic heterocycles. The number of nitrogens with zero attached hydrogens (tertiary/aromatic N) is 2. The topological polar surface area (TPSA) is 53.1 Å². The largest absolute Gasteiger partial charge is 0.362 e. The summed E-state index contributed by atoms with van der Waals surface area (Å²) in [4.78, 5) is 18.6. The molecule has 0 spiro atoms. The second-order valence-electron chi connectivity index (χ2n) is 8.80. The summed E-state index contributed by atoms with van der Waals surface area (Å²) in [6.07, 6.45) is 9.43. The smallest absolute Gasteiger partial charge is 0.332 e. The fourth-order valence-electron chi connectivity index (χ4n) is 5.78. The molecule has 3 aromatic rings. The van der Waals surface area contributed by atoms with Crippen LogP contribution in [0.1, 0.15) is 31.4 Å². The van der Waals surface area contributed by atoms with Gasteiger partial charge in [0.25, 0.3) is 0 Å². The number of rotatable bonds is 4. The summed E-state index contributed by atoms with van der Waals surface area (Å²) in [5.74, 6) is 2.51. The Hall–Kier alpha value is -3.21. The molecule has 30 heavy (non-hydrogen) atoms. The SMILES string of the molecule is O=c1[nH]c2c(n1-c1ccccc1)N(C1CC3CCC1C3)C(Nc1ccccc1)C=C2. The summed E-state index contributed by atoms with van der Waals surface area (Å²) in [5.41, 5.74) is 2.82. The fourth-order valence-corrected chi connectivity index (χ4v) is 5.78. The molecule has 5 heteroatoms. The van der Waals surface area contributed by atoms with E-state index in [0.29, 0.717) is 12.0 Å². The van der Waals surface area contributed by atoms with Crippen LogP contribution in [0.25, 0.3) is 11.8 Å². The van der Waals surface area contributed by atoms with Crippen LogP contribution in [0, 0.1) is 11.8 Å². The third kappa shape index (κ3) is 2.80. The minimum absolute atomic E-state index is 0.00872. The molecule has 6 rings (SSSR count). The lowest BCUT2D eigenvalue weighted by Gasteiger charge is -2.43. The van der Waals surface area contributed by atoms with Crippen molar-refractivity contribution in [2.45, 2.75) is 37.9 Å². The third-order valence-electron chi connectivity index (χ3n) is 7.05. The first kappa shape index (κ1) is 17.6. The van der Waals surface area contributed by atoms with Gasteiger partial charge in [0.15, 0.2) is 0 Å². The molecule has 4 atom stereocenters. The molecule has 2 fully saturated rings. The van der Waals surface area contributed by atoms with E-state index in [0.717, 1.165) is 28.8 Å². The van der Waals surface area contributed by atoms with E-state index in [2.05, 4.69) is 51.6 Å². The molecule has 4 unspecified atom stereocenters. The highest BCUT2D eigenvalue weighted by Gasteiger charge is 2.46. The van der Waals surface area contributed by atoms with E-state index in [-0.39, 0.29) is 11.9 Å². The summed E-state index contributed by atoms with van der Waals surface area (Å²) < 4.78 is 1.85. The number of aromatic amines is 1. The number of anilines is 2. The van der Waals surface area contributed by atoms with Crippen molar-refractivity contribution < 1.29 is 0 Å². The van der Waals surface area contributed by atoms with Gasteiger partial charge in [0.05, 0.1) is 11.4 Å². The van der Waals surface area contributed by atoms with Gasteiger partial charge < -0.3 is 15.2 Å². The Kier molecular flexibility index (Phi) is 4.08. The van der Waals surface area contributed by atoms with Gasteiger partial charge in [-0.05, 0) is 67.5 Å². The van der Waals surface area contributed by atoms with Gasteiger partial charge in [0.1, 0.15) is 12.0 Å². The zero-order valence-corrected chi connectivity index (χ0v) is 16.9. The van der Waals surface area contributed by atoms with Crippen molar-refractivity contribution in [3.05, 3.63) is 82.9 Å². The van der Waals surface area contributed by atoms with Crippen molar-refractivity contribution in [2.75, 3.05) is 10.2 Å². The van der Waals surface area contributed by atoms with Gasteiger partial charge in [-0.2, -0.15) is 0 Å². The maximum absolute atomic E-state index is 13.0. The highest BCUT2D eigenvalue weighted by atomic mass is 16.1. The van der Waals surface area contributed by atoms with Crippen LogP contribution >= 0.6 is 0 Å². The second kappa shape index (κ2) is 6.94. The molecule has 3 aliphatic rings. The maximum Gasteiger partial charge on any atom is 0.332 e. The zero-order valence-electron chi connectivity index (χ0n) is 16.9. The third-order valence-corrected chi connectivity index (χ3v) is 7.05. The van der Waals surface area contributed by atoms with Gasteiger partial charge in [0, 0.05) is 11.7 Å². The Labute approximate surface area is 176 Å². The number of H-pyrrole nitrogens is 1. The summed E-state index contributed by atoms with van der Waals surface area (Å²) >= 11 is 0. The van der Waals surface area contributed by atoms with E-state index in [9.17, 15) is 4.79 Å². The second-order valence-corrected chi connectivity index (χ2v) is 8.80. The van der Waals surface area contributed by atoms with Gasteiger partial charge >= 0.3 is 5.69 Å². The van der Waals surface area contributed by atoms with Crippen LogP contribution in [0.5, 0.6) is 0 Å². The molecule has 0 radical (unpaired) electrons. The standard InChI is InChI=1S/C25H26N4O/c30-25-27-21-13-14-23(26-19-7-3-1-4-8-19)29(22-16-17-11-12-18(22)15-17)24(21)28(25)20-9-5-2-6-10-20/h1-10,13-14,17-18,22-23,26H,11-12,15-16H2,(H,27,30). The highest BCUT2D eigenvalue weighted by Crippen LogP contribution is 2.49. The van der Waals surface area contributed by atoms with Crippen LogP contribution in [0.2, 0.25) is 0 Å². The number of benzene rings is 2. The van der Waals surface area contributed by atoms with Crippen molar-refractivity contribution in [3.8, 4) is 5.69 Å². The van der Waals surface area contributed by atoms with Crippen LogP contribution in [0.15, 0.2) is 71.5 Å². The van der Waals surface area contributed by atoms with Crippen molar-refractivity contribution in [3.63, 3.8) is 0 Å². The van der Waals surface area contributed by atoms with Gasteiger partial charge in [-0.25, -0.2) is 9.36 Å². The number of hydrogen-bond donors (Lipinski definition) is 2. The normalized spacial score (nSPS) is 26.7. The minimum atomic E-state index is -0.0793. The molecule has 2 heterocycles. The fraction of sp³-hybridized carbons (Fsp3) is 0.320. The first-order valence-corrected chi connectivity index (χ1v) is 11.0. The first-order chi connectivity index (χ1) is 14.8. The predicted molar refractivity (Wildman–Crippen MR) is 121 cm³/mol. The number of para-hydroxylation sites is 2. The van der Waals surface area contributed by atoms with Crippen molar-refractivity contribution >= 4 is 17.6 Å². The van der Waals surface area contributed by atoms with E-state index in [1.807, 2.05) is 41.0 Å². The predicted octanol–water partition coefficient (Wildman–Crippen LogP) is 4.63. The summed E-state index contributed by atoms with van der Waals surface area (Å²) in [6, 6.07) is 20.8. The quantitative estimate of drug-likeness (QED) is 0.674. The van der Waals surface area contributed by atoms with Gasteiger partial charge in [-0.3, -0.25) is 0 Å². The lowest BCUT2D eigenvalue weighted by molar-refractivity contribution is 0.382. The molecular weight excluding hydrogens is 372 g/mol. The molecule has 2 aliphatic carbocycles. The van der Waals surface area contributed by atoms with Crippen LogP contribution in [-0.4, -0.2) is 21.8 Å². The van der Waals surface area contributed by atoms with Crippen molar-refractivity contribution in [2.24, 2.45) is 11.8 Å². The first-order valence-electron chi connectivity index (χ1n) is 11.0. The maximum atomic E-state index is 13.0. The van der Waals surface area contributed by atoms with E-state index in [4.69, 9.17) is 0 Å².